The highest BCUT2D eigenvalue weighted by Crippen LogP contribution is 2.23. The fraction of sp³-hybridized carbons (Fsp3) is 0.455. The van der Waals surface area contributed by atoms with Gasteiger partial charge in [-0.1, -0.05) is 12.1 Å². The van der Waals surface area contributed by atoms with Gasteiger partial charge in [-0.05, 0) is 24.6 Å². The maximum atomic E-state index is 12.0. The SMILES string of the molecule is CC(c1cccc(N)c1)N(C)S(=O)(=O)N(C)C. The molecule has 0 aliphatic heterocycles. The highest BCUT2D eigenvalue weighted by molar-refractivity contribution is 7.86. The van der Waals surface area contributed by atoms with Gasteiger partial charge < -0.3 is 5.73 Å². The average Bonchev–Trinajstić information content (AvgIpc) is 2.26. The quantitative estimate of drug-likeness (QED) is 0.820. The number of hydrogen-bond acceptors (Lipinski definition) is 3. The highest BCUT2D eigenvalue weighted by atomic mass is 32.2. The van der Waals surface area contributed by atoms with Gasteiger partial charge in [0.2, 0.25) is 0 Å². The summed E-state index contributed by atoms with van der Waals surface area (Å²) in [6, 6.07) is 6.98. The van der Waals surface area contributed by atoms with E-state index in [-0.39, 0.29) is 6.04 Å². The van der Waals surface area contributed by atoms with Crippen LogP contribution in [0.5, 0.6) is 0 Å². The maximum absolute atomic E-state index is 12.0. The number of hydrogen-bond donors (Lipinski definition) is 1. The number of nitrogen functional groups attached to an aromatic ring is 1. The van der Waals surface area contributed by atoms with Crippen LogP contribution in [0.2, 0.25) is 0 Å². The molecule has 0 fully saturated rings. The van der Waals surface area contributed by atoms with E-state index in [2.05, 4.69) is 0 Å². The molecule has 1 unspecified atom stereocenters. The Morgan fingerprint density at radius 2 is 1.82 bits per heavy atom. The molecule has 0 saturated heterocycles. The van der Waals surface area contributed by atoms with Crippen LogP contribution in [0.4, 0.5) is 5.69 Å². The van der Waals surface area contributed by atoms with Gasteiger partial charge >= 0.3 is 0 Å². The minimum Gasteiger partial charge on any atom is -0.399 e. The van der Waals surface area contributed by atoms with Crippen molar-refractivity contribution in [3.8, 4) is 0 Å². The minimum atomic E-state index is -3.41. The van der Waals surface area contributed by atoms with E-state index < -0.39 is 10.2 Å². The monoisotopic (exact) mass is 257 g/mol. The van der Waals surface area contributed by atoms with Gasteiger partial charge in [0.05, 0.1) is 0 Å². The highest BCUT2D eigenvalue weighted by Gasteiger charge is 2.26. The molecule has 2 N–H and O–H groups in total. The number of nitrogens with two attached hydrogens (primary N) is 1. The zero-order valence-electron chi connectivity index (χ0n) is 10.6. The first-order valence-corrected chi connectivity index (χ1v) is 6.67. The van der Waals surface area contributed by atoms with E-state index in [1.807, 2.05) is 19.1 Å². The molecule has 0 saturated carbocycles. The van der Waals surface area contributed by atoms with E-state index in [4.69, 9.17) is 5.73 Å². The molecule has 0 aromatic heterocycles. The fourth-order valence-electron chi connectivity index (χ4n) is 1.49. The largest absolute Gasteiger partial charge is 0.399 e. The van der Waals surface area contributed by atoms with Crippen LogP contribution in [-0.2, 0) is 10.2 Å². The lowest BCUT2D eigenvalue weighted by atomic mass is 10.1. The molecule has 1 rings (SSSR count). The predicted molar refractivity (Wildman–Crippen MR) is 69.6 cm³/mol. The fourth-order valence-corrected chi connectivity index (χ4v) is 2.52. The average molecular weight is 257 g/mol. The summed E-state index contributed by atoms with van der Waals surface area (Å²) < 4.78 is 26.4. The maximum Gasteiger partial charge on any atom is 0.281 e. The van der Waals surface area contributed by atoms with Crippen molar-refractivity contribution < 1.29 is 8.42 Å². The molecule has 0 aliphatic rings. The number of rotatable bonds is 4. The first-order valence-electron chi connectivity index (χ1n) is 5.27. The van der Waals surface area contributed by atoms with Crippen molar-refractivity contribution in [1.29, 1.82) is 0 Å². The Labute approximate surface area is 103 Å². The van der Waals surface area contributed by atoms with Crippen LogP contribution in [0.1, 0.15) is 18.5 Å². The van der Waals surface area contributed by atoms with Crippen LogP contribution in [-0.4, -0.2) is 38.2 Å². The standard InChI is InChI=1S/C11H19N3O2S/c1-9(10-6-5-7-11(12)8-10)14(4)17(15,16)13(2)3/h5-9H,12H2,1-4H3. The van der Waals surface area contributed by atoms with E-state index >= 15 is 0 Å². The van der Waals surface area contributed by atoms with Gasteiger partial charge in [-0.15, -0.1) is 0 Å². The van der Waals surface area contributed by atoms with E-state index in [0.29, 0.717) is 5.69 Å². The summed E-state index contributed by atoms with van der Waals surface area (Å²) in [4.78, 5) is 0. The molecule has 1 aromatic rings. The molecule has 0 amide bonds. The molecule has 96 valence electrons. The topological polar surface area (TPSA) is 66.6 Å². The summed E-state index contributed by atoms with van der Waals surface area (Å²) >= 11 is 0. The molecule has 0 aliphatic carbocycles. The summed E-state index contributed by atoms with van der Waals surface area (Å²) in [5, 5.41) is 0. The molecule has 0 bridgehead atoms. The molecule has 0 heterocycles. The summed E-state index contributed by atoms with van der Waals surface area (Å²) in [5.41, 5.74) is 7.19. The molecular formula is C11H19N3O2S. The van der Waals surface area contributed by atoms with Crippen molar-refractivity contribution in [3.63, 3.8) is 0 Å². The van der Waals surface area contributed by atoms with E-state index in [0.717, 1.165) is 5.56 Å². The second-order valence-electron chi connectivity index (χ2n) is 4.15. The molecule has 6 heteroatoms. The molecule has 0 spiro atoms. The van der Waals surface area contributed by atoms with Crippen molar-refractivity contribution >= 4 is 15.9 Å². The van der Waals surface area contributed by atoms with Gasteiger partial charge in [0, 0.05) is 32.9 Å². The smallest absolute Gasteiger partial charge is 0.281 e. The van der Waals surface area contributed by atoms with Crippen molar-refractivity contribution in [2.75, 3.05) is 26.9 Å². The first-order chi connectivity index (χ1) is 7.76. The van der Waals surface area contributed by atoms with Gasteiger partial charge in [0.25, 0.3) is 10.2 Å². The molecule has 1 aromatic carbocycles. The van der Waals surface area contributed by atoms with Crippen LogP contribution in [0, 0.1) is 0 Å². The Hall–Kier alpha value is -1.11. The summed E-state index contributed by atoms with van der Waals surface area (Å²) in [5.74, 6) is 0. The zero-order chi connectivity index (χ0) is 13.2. The Kier molecular flexibility index (Phi) is 4.13. The zero-order valence-corrected chi connectivity index (χ0v) is 11.4. The van der Waals surface area contributed by atoms with Gasteiger partial charge in [-0.3, -0.25) is 0 Å². The second kappa shape index (κ2) is 5.03. The Bertz CT molecular complexity index is 485. The second-order valence-corrected chi connectivity index (χ2v) is 6.35. The van der Waals surface area contributed by atoms with Crippen LogP contribution in [0.25, 0.3) is 0 Å². The molecule has 17 heavy (non-hydrogen) atoms. The Balaban J connectivity index is 3.02. The molecular weight excluding hydrogens is 238 g/mol. The van der Waals surface area contributed by atoms with Gasteiger partial charge in [0.15, 0.2) is 0 Å². The van der Waals surface area contributed by atoms with Gasteiger partial charge in [-0.2, -0.15) is 17.0 Å². The summed E-state index contributed by atoms with van der Waals surface area (Å²) in [6.07, 6.45) is 0. The lowest BCUT2D eigenvalue weighted by Gasteiger charge is -2.27. The number of nitrogens with zero attached hydrogens (tertiary/aromatic N) is 2. The lowest BCUT2D eigenvalue weighted by molar-refractivity contribution is 0.364. The van der Waals surface area contributed by atoms with E-state index in [9.17, 15) is 8.42 Å². The Morgan fingerprint density at radius 3 is 2.29 bits per heavy atom. The Morgan fingerprint density at radius 1 is 1.24 bits per heavy atom. The van der Waals surface area contributed by atoms with Crippen molar-refractivity contribution in [2.45, 2.75) is 13.0 Å². The van der Waals surface area contributed by atoms with Gasteiger partial charge in [-0.25, -0.2) is 0 Å². The molecule has 1 atom stereocenters. The van der Waals surface area contributed by atoms with E-state index in [1.54, 1.807) is 19.2 Å². The normalized spacial score (nSPS) is 14.2. The molecule has 0 radical (unpaired) electrons. The van der Waals surface area contributed by atoms with Crippen molar-refractivity contribution in [2.24, 2.45) is 0 Å². The first kappa shape index (κ1) is 14.0. The van der Waals surface area contributed by atoms with Crippen LogP contribution in [0.3, 0.4) is 0 Å². The third-order valence-electron chi connectivity index (χ3n) is 2.76. The number of benzene rings is 1. The predicted octanol–water partition coefficient (Wildman–Crippen LogP) is 1.07. The third-order valence-corrected chi connectivity index (χ3v) is 4.73. The van der Waals surface area contributed by atoms with Crippen LogP contribution < -0.4 is 5.73 Å². The lowest BCUT2D eigenvalue weighted by Crippen LogP contribution is -2.38. The number of anilines is 1. The summed E-state index contributed by atoms with van der Waals surface area (Å²) in [6.45, 7) is 1.83. The minimum absolute atomic E-state index is 0.258. The van der Waals surface area contributed by atoms with Crippen LogP contribution >= 0.6 is 0 Å². The molecule has 5 nitrogen and oxygen atoms in total. The van der Waals surface area contributed by atoms with Crippen LogP contribution in [0.15, 0.2) is 24.3 Å². The van der Waals surface area contributed by atoms with Gasteiger partial charge in [0.1, 0.15) is 0 Å². The third kappa shape index (κ3) is 2.96. The summed E-state index contributed by atoms with van der Waals surface area (Å²) in [7, 11) is 1.17. The van der Waals surface area contributed by atoms with E-state index in [1.165, 1.54) is 22.7 Å². The van der Waals surface area contributed by atoms with Crippen molar-refractivity contribution in [3.05, 3.63) is 29.8 Å². The van der Waals surface area contributed by atoms with Crippen molar-refractivity contribution in [1.82, 2.24) is 8.61 Å².